The van der Waals surface area contributed by atoms with Crippen LogP contribution in [-0.2, 0) is 10.0 Å². The molecule has 2 bridgehead atoms. The highest BCUT2D eigenvalue weighted by atomic mass is 32.2. The molecular formula is C20H29N3O2S. The molecule has 26 heavy (non-hydrogen) atoms. The molecule has 1 aromatic carbocycles. The lowest BCUT2D eigenvalue weighted by Crippen LogP contribution is -2.48. The minimum Gasteiger partial charge on any atom is -0.277 e. The molecule has 2 atom stereocenters. The molecule has 0 aliphatic heterocycles. The minimum atomic E-state index is -3.63. The molecule has 4 rings (SSSR count). The summed E-state index contributed by atoms with van der Waals surface area (Å²) in [6.45, 7) is 10.1. The molecule has 0 heterocycles. The van der Waals surface area contributed by atoms with Crippen molar-refractivity contribution in [1.29, 1.82) is 0 Å². The molecule has 0 spiro atoms. The van der Waals surface area contributed by atoms with E-state index in [-0.39, 0.29) is 4.90 Å². The number of para-hydroxylation sites is 1. The van der Waals surface area contributed by atoms with Gasteiger partial charge in [0, 0.05) is 5.54 Å². The smallest absolute Gasteiger partial charge is 0.243 e. The van der Waals surface area contributed by atoms with Crippen molar-refractivity contribution in [3.8, 4) is 0 Å². The number of allylic oxidation sites excluding steroid dienone is 2. The Labute approximate surface area is 157 Å². The second-order valence-electron chi connectivity index (χ2n) is 8.97. The summed E-state index contributed by atoms with van der Waals surface area (Å²) >= 11 is 0. The number of benzene rings is 1. The van der Waals surface area contributed by atoms with Crippen LogP contribution in [0.5, 0.6) is 0 Å². The number of hydrogen-bond acceptors (Lipinski definition) is 4. The normalized spacial score (nSPS) is 24.9. The van der Waals surface area contributed by atoms with Gasteiger partial charge in [0.15, 0.2) is 0 Å². The lowest BCUT2D eigenvalue weighted by atomic mass is 9.49. The Balaban J connectivity index is 1.77. The summed E-state index contributed by atoms with van der Waals surface area (Å²) < 4.78 is 28.0. The van der Waals surface area contributed by atoms with Gasteiger partial charge in [-0.25, -0.2) is 13.1 Å². The Morgan fingerprint density at radius 2 is 1.92 bits per heavy atom. The molecule has 5 nitrogen and oxygen atoms in total. The third-order valence-corrected chi connectivity index (χ3v) is 7.34. The van der Waals surface area contributed by atoms with Crippen molar-refractivity contribution < 1.29 is 8.42 Å². The van der Waals surface area contributed by atoms with E-state index >= 15 is 0 Å². The number of fused-ring (bicyclic) bond motifs is 1. The van der Waals surface area contributed by atoms with Gasteiger partial charge in [0.25, 0.3) is 0 Å². The number of nitrogens with zero attached hydrogens (tertiary/aromatic N) is 1. The second-order valence-corrected chi connectivity index (χ2v) is 10.6. The summed E-state index contributed by atoms with van der Waals surface area (Å²) in [7, 11) is -3.63. The van der Waals surface area contributed by atoms with E-state index in [4.69, 9.17) is 0 Å². The first-order chi connectivity index (χ1) is 12.0. The average molecular weight is 376 g/mol. The van der Waals surface area contributed by atoms with Crippen LogP contribution >= 0.6 is 0 Å². The molecule has 1 aromatic rings. The molecule has 0 radical (unpaired) electrons. The zero-order valence-electron chi connectivity index (χ0n) is 16.2. The van der Waals surface area contributed by atoms with Crippen LogP contribution < -0.4 is 10.1 Å². The van der Waals surface area contributed by atoms with Gasteiger partial charge in [0.05, 0.1) is 11.9 Å². The summed E-state index contributed by atoms with van der Waals surface area (Å²) in [5, 5.41) is 4.34. The van der Waals surface area contributed by atoms with Gasteiger partial charge in [-0.2, -0.15) is 5.10 Å². The molecule has 142 valence electrons. The number of hydrazone groups is 1. The summed E-state index contributed by atoms with van der Waals surface area (Å²) in [6.07, 6.45) is 6.44. The maximum atomic E-state index is 12.7. The molecule has 0 aromatic heterocycles. The molecule has 3 aliphatic rings. The van der Waals surface area contributed by atoms with Crippen LogP contribution in [0.2, 0.25) is 0 Å². The van der Waals surface area contributed by atoms with E-state index in [1.54, 1.807) is 24.3 Å². The predicted octanol–water partition coefficient (Wildman–Crippen LogP) is 4.15. The Hall–Kier alpha value is -1.66. The van der Waals surface area contributed by atoms with E-state index < -0.39 is 15.6 Å². The third-order valence-electron chi connectivity index (χ3n) is 5.53. The van der Waals surface area contributed by atoms with Crippen LogP contribution in [0.1, 0.15) is 47.5 Å². The first-order valence-electron chi connectivity index (χ1n) is 9.13. The summed E-state index contributed by atoms with van der Waals surface area (Å²) in [4.78, 5) is 0.203. The van der Waals surface area contributed by atoms with Crippen molar-refractivity contribution in [3.05, 3.63) is 35.9 Å². The lowest BCUT2D eigenvalue weighted by Gasteiger charge is -2.55. The van der Waals surface area contributed by atoms with E-state index in [1.807, 2.05) is 27.0 Å². The van der Waals surface area contributed by atoms with Gasteiger partial charge in [-0.1, -0.05) is 32.1 Å². The van der Waals surface area contributed by atoms with E-state index in [2.05, 4.69) is 35.2 Å². The van der Waals surface area contributed by atoms with E-state index in [0.29, 0.717) is 17.0 Å². The molecule has 1 saturated carbocycles. The third kappa shape index (κ3) is 3.71. The van der Waals surface area contributed by atoms with E-state index in [1.165, 1.54) is 12.0 Å². The predicted molar refractivity (Wildman–Crippen MR) is 107 cm³/mol. The van der Waals surface area contributed by atoms with Crippen LogP contribution in [0.15, 0.2) is 45.9 Å². The van der Waals surface area contributed by atoms with Gasteiger partial charge in [-0.3, -0.25) is 5.43 Å². The topological polar surface area (TPSA) is 70.6 Å². The van der Waals surface area contributed by atoms with Crippen LogP contribution in [-0.4, -0.2) is 20.2 Å². The lowest BCUT2D eigenvalue weighted by molar-refractivity contribution is -0.00124. The number of anilines is 1. The molecule has 1 fully saturated rings. The van der Waals surface area contributed by atoms with Crippen molar-refractivity contribution in [2.75, 3.05) is 5.43 Å². The Morgan fingerprint density at radius 3 is 2.54 bits per heavy atom. The van der Waals surface area contributed by atoms with E-state index in [0.717, 1.165) is 12.3 Å². The van der Waals surface area contributed by atoms with Gasteiger partial charge in [-0.05, 0) is 68.6 Å². The van der Waals surface area contributed by atoms with Crippen molar-refractivity contribution in [2.24, 2.45) is 22.4 Å². The fourth-order valence-corrected chi connectivity index (χ4v) is 5.55. The summed E-state index contributed by atoms with van der Waals surface area (Å²) in [6, 6.07) is 6.83. The van der Waals surface area contributed by atoms with Crippen molar-refractivity contribution in [1.82, 2.24) is 4.72 Å². The fourth-order valence-electron chi connectivity index (χ4n) is 3.97. The monoisotopic (exact) mass is 375 g/mol. The minimum absolute atomic E-state index is 0.203. The highest BCUT2D eigenvalue weighted by Crippen LogP contribution is 2.58. The Bertz CT molecular complexity index is 848. The molecular weight excluding hydrogens is 346 g/mol. The van der Waals surface area contributed by atoms with Crippen molar-refractivity contribution in [2.45, 2.75) is 57.9 Å². The molecule has 3 aliphatic carbocycles. The quantitative estimate of drug-likeness (QED) is 0.600. The van der Waals surface area contributed by atoms with Gasteiger partial charge in [0.1, 0.15) is 4.90 Å². The van der Waals surface area contributed by atoms with Gasteiger partial charge < -0.3 is 0 Å². The largest absolute Gasteiger partial charge is 0.277 e. The Morgan fingerprint density at radius 1 is 1.23 bits per heavy atom. The maximum Gasteiger partial charge on any atom is 0.243 e. The van der Waals surface area contributed by atoms with Crippen LogP contribution in [0.25, 0.3) is 0 Å². The van der Waals surface area contributed by atoms with Gasteiger partial charge in [0.2, 0.25) is 10.0 Å². The SMILES string of the molecule is CC(C)(C)NS(=O)(=O)c1ccccc1N/N=C/C1=CCC2CC1C2(C)C. The summed E-state index contributed by atoms with van der Waals surface area (Å²) in [5.74, 6) is 1.33. The molecule has 0 saturated heterocycles. The van der Waals surface area contributed by atoms with Crippen molar-refractivity contribution in [3.63, 3.8) is 0 Å². The van der Waals surface area contributed by atoms with Crippen LogP contribution in [0.4, 0.5) is 5.69 Å². The number of rotatable bonds is 5. The highest BCUT2D eigenvalue weighted by Gasteiger charge is 2.50. The van der Waals surface area contributed by atoms with Crippen LogP contribution in [0, 0.1) is 17.3 Å². The molecule has 2 unspecified atom stereocenters. The first kappa shape index (κ1) is 19.1. The summed E-state index contributed by atoms with van der Waals surface area (Å²) in [5.41, 5.74) is 4.44. The number of hydrogen-bond donors (Lipinski definition) is 2. The Kier molecular flexibility index (Phi) is 4.78. The number of sulfonamides is 1. The zero-order chi connectivity index (χ0) is 19.2. The van der Waals surface area contributed by atoms with Gasteiger partial charge in [-0.15, -0.1) is 0 Å². The first-order valence-corrected chi connectivity index (χ1v) is 10.6. The standard InChI is InChI=1S/C20H29N3O2S/c1-19(2,3)23-26(24,25)18-9-7-6-8-17(18)22-21-13-14-10-11-15-12-16(14)20(15,4)5/h6-10,13,15-16,22-23H,11-12H2,1-5H3/b21-13+. The van der Waals surface area contributed by atoms with E-state index in [9.17, 15) is 8.42 Å². The van der Waals surface area contributed by atoms with Crippen LogP contribution in [0.3, 0.4) is 0 Å². The average Bonchev–Trinajstić information content (AvgIpc) is 2.53. The molecule has 0 amide bonds. The fraction of sp³-hybridized carbons (Fsp3) is 0.550. The highest BCUT2D eigenvalue weighted by molar-refractivity contribution is 7.89. The molecule has 6 heteroatoms. The van der Waals surface area contributed by atoms with Gasteiger partial charge >= 0.3 is 0 Å². The maximum absolute atomic E-state index is 12.7. The molecule has 2 N–H and O–H groups in total. The van der Waals surface area contributed by atoms with Crippen molar-refractivity contribution >= 4 is 21.9 Å². The number of nitrogens with one attached hydrogen (secondary N) is 2. The second kappa shape index (κ2) is 6.50. The zero-order valence-corrected chi connectivity index (χ0v) is 17.0.